The van der Waals surface area contributed by atoms with Crippen molar-refractivity contribution in [2.24, 2.45) is 0 Å². The minimum absolute atomic E-state index is 0.196. The first-order valence-electron chi connectivity index (χ1n) is 7.83. The van der Waals surface area contributed by atoms with Crippen molar-refractivity contribution in [3.8, 4) is 0 Å². The van der Waals surface area contributed by atoms with E-state index >= 15 is 0 Å². The van der Waals surface area contributed by atoms with Gasteiger partial charge in [-0.15, -0.1) is 0 Å². The largest absolute Gasteiger partial charge is 0.445 e. The topological polar surface area (TPSA) is 58.6 Å². The van der Waals surface area contributed by atoms with Crippen LogP contribution in [0.1, 0.15) is 17.2 Å². The van der Waals surface area contributed by atoms with Gasteiger partial charge < -0.3 is 15.2 Å². The van der Waals surface area contributed by atoms with Gasteiger partial charge in [-0.05, 0) is 28.0 Å². The molecule has 0 aliphatic rings. The van der Waals surface area contributed by atoms with Crippen LogP contribution in [0.4, 0.5) is 4.79 Å². The van der Waals surface area contributed by atoms with Crippen molar-refractivity contribution in [3.05, 3.63) is 83.9 Å². The number of hydrogen-bond acceptors (Lipinski definition) is 3. The Kier molecular flexibility index (Phi) is 5.08. The average molecular weight is 321 g/mol. The number of amides is 1. The fraction of sp³-hybridized carbons (Fsp3) is 0.150. The van der Waals surface area contributed by atoms with Gasteiger partial charge in [0.2, 0.25) is 0 Å². The number of aliphatic hydroxyl groups is 1. The standard InChI is InChI=1S/C20H19NO3/c22-13-19(18-11-10-16-8-4-5-9-17(16)12-18)21-20(23)24-14-15-6-2-1-3-7-15/h1-12,19,22H,13-14H2,(H,21,23)/t19-/m1/s1. The summed E-state index contributed by atoms with van der Waals surface area (Å²) < 4.78 is 5.21. The predicted molar refractivity (Wildman–Crippen MR) is 93.5 cm³/mol. The van der Waals surface area contributed by atoms with Gasteiger partial charge in [-0.1, -0.05) is 66.7 Å². The molecule has 3 rings (SSSR count). The summed E-state index contributed by atoms with van der Waals surface area (Å²) in [4.78, 5) is 12.0. The molecule has 4 nitrogen and oxygen atoms in total. The Hall–Kier alpha value is -2.85. The first-order chi connectivity index (χ1) is 11.8. The van der Waals surface area contributed by atoms with Crippen LogP contribution in [0.3, 0.4) is 0 Å². The molecular weight excluding hydrogens is 302 g/mol. The van der Waals surface area contributed by atoms with Crippen LogP contribution in [0.15, 0.2) is 72.8 Å². The van der Waals surface area contributed by atoms with Crippen molar-refractivity contribution in [2.75, 3.05) is 6.61 Å². The maximum atomic E-state index is 12.0. The maximum absolute atomic E-state index is 12.0. The number of fused-ring (bicyclic) bond motifs is 1. The summed E-state index contributed by atoms with van der Waals surface area (Å²) in [5.74, 6) is 0. The lowest BCUT2D eigenvalue weighted by Crippen LogP contribution is -2.31. The first kappa shape index (κ1) is 16.0. The third-order valence-corrected chi connectivity index (χ3v) is 3.86. The lowest BCUT2D eigenvalue weighted by molar-refractivity contribution is 0.129. The highest BCUT2D eigenvalue weighted by Gasteiger charge is 2.15. The van der Waals surface area contributed by atoms with Crippen LogP contribution in [0.2, 0.25) is 0 Å². The molecule has 0 bridgehead atoms. The van der Waals surface area contributed by atoms with Crippen molar-refractivity contribution in [1.29, 1.82) is 0 Å². The summed E-state index contributed by atoms with van der Waals surface area (Å²) in [5.41, 5.74) is 1.76. The minimum Gasteiger partial charge on any atom is -0.445 e. The van der Waals surface area contributed by atoms with Gasteiger partial charge in [0, 0.05) is 0 Å². The molecule has 0 saturated carbocycles. The molecule has 0 aromatic heterocycles. The average Bonchev–Trinajstić information content (AvgIpc) is 2.65. The quantitative estimate of drug-likeness (QED) is 0.751. The van der Waals surface area contributed by atoms with Gasteiger partial charge in [-0.2, -0.15) is 0 Å². The molecule has 0 saturated heterocycles. The highest BCUT2D eigenvalue weighted by molar-refractivity contribution is 5.83. The Morgan fingerprint density at radius 1 is 0.958 bits per heavy atom. The van der Waals surface area contributed by atoms with E-state index in [9.17, 15) is 9.90 Å². The maximum Gasteiger partial charge on any atom is 0.408 e. The molecular formula is C20H19NO3. The minimum atomic E-state index is -0.550. The van der Waals surface area contributed by atoms with Crippen LogP contribution < -0.4 is 5.32 Å². The number of aliphatic hydroxyl groups excluding tert-OH is 1. The van der Waals surface area contributed by atoms with Gasteiger partial charge in [-0.25, -0.2) is 4.79 Å². The van der Waals surface area contributed by atoms with Crippen LogP contribution in [0.5, 0.6) is 0 Å². The van der Waals surface area contributed by atoms with E-state index in [2.05, 4.69) is 5.32 Å². The summed E-state index contributed by atoms with van der Waals surface area (Å²) >= 11 is 0. The lowest BCUT2D eigenvalue weighted by Gasteiger charge is -2.17. The van der Waals surface area contributed by atoms with Crippen LogP contribution >= 0.6 is 0 Å². The van der Waals surface area contributed by atoms with Gasteiger partial charge >= 0.3 is 6.09 Å². The van der Waals surface area contributed by atoms with E-state index in [1.165, 1.54) is 0 Å². The molecule has 1 amide bonds. The predicted octanol–water partition coefficient (Wildman–Crippen LogP) is 3.80. The molecule has 2 N–H and O–H groups in total. The normalized spacial score (nSPS) is 11.9. The summed E-state index contributed by atoms with van der Waals surface area (Å²) in [6.07, 6.45) is -0.550. The SMILES string of the molecule is O=C(N[C@H](CO)c1ccc2ccccc2c1)OCc1ccccc1. The monoisotopic (exact) mass is 321 g/mol. The fourth-order valence-electron chi connectivity index (χ4n) is 2.57. The third kappa shape index (κ3) is 3.91. The van der Waals surface area contributed by atoms with Crippen LogP contribution in [0.25, 0.3) is 10.8 Å². The Balaban J connectivity index is 1.65. The van der Waals surface area contributed by atoms with E-state index in [0.29, 0.717) is 0 Å². The molecule has 1 atom stereocenters. The molecule has 0 aliphatic heterocycles. The van der Waals surface area contributed by atoms with Gasteiger partial charge in [0.25, 0.3) is 0 Å². The number of carbonyl (C=O) groups is 1. The van der Waals surface area contributed by atoms with Gasteiger partial charge in [0.15, 0.2) is 0 Å². The van der Waals surface area contributed by atoms with Gasteiger partial charge in [0.1, 0.15) is 6.61 Å². The van der Waals surface area contributed by atoms with Gasteiger partial charge in [0.05, 0.1) is 12.6 Å². The smallest absolute Gasteiger partial charge is 0.408 e. The van der Waals surface area contributed by atoms with Crippen molar-refractivity contribution in [1.82, 2.24) is 5.32 Å². The van der Waals surface area contributed by atoms with Crippen LogP contribution in [-0.4, -0.2) is 17.8 Å². The van der Waals surface area contributed by atoms with E-state index in [1.54, 1.807) is 0 Å². The molecule has 3 aromatic rings. The number of ether oxygens (including phenoxy) is 1. The van der Waals surface area contributed by atoms with E-state index in [0.717, 1.165) is 21.9 Å². The first-order valence-corrected chi connectivity index (χ1v) is 7.83. The Morgan fingerprint density at radius 2 is 1.67 bits per heavy atom. The van der Waals surface area contributed by atoms with Crippen LogP contribution in [0, 0.1) is 0 Å². The zero-order valence-corrected chi connectivity index (χ0v) is 13.2. The number of alkyl carbamates (subject to hydrolysis) is 1. The second-order valence-electron chi connectivity index (χ2n) is 5.55. The molecule has 0 spiro atoms. The number of benzene rings is 3. The Morgan fingerprint density at radius 3 is 2.42 bits per heavy atom. The highest BCUT2D eigenvalue weighted by atomic mass is 16.5. The van der Waals surface area contributed by atoms with E-state index < -0.39 is 12.1 Å². The number of nitrogens with one attached hydrogen (secondary N) is 1. The molecule has 0 unspecified atom stereocenters. The molecule has 0 fully saturated rings. The fourth-order valence-corrected chi connectivity index (χ4v) is 2.57. The van der Waals surface area contributed by atoms with Crippen molar-refractivity contribution < 1.29 is 14.6 Å². The molecule has 24 heavy (non-hydrogen) atoms. The van der Waals surface area contributed by atoms with Gasteiger partial charge in [-0.3, -0.25) is 0 Å². The molecule has 0 radical (unpaired) electrons. The van der Waals surface area contributed by atoms with Crippen molar-refractivity contribution in [2.45, 2.75) is 12.6 Å². The summed E-state index contributed by atoms with van der Waals surface area (Å²) in [7, 11) is 0. The highest BCUT2D eigenvalue weighted by Crippen LogP contribution is 2.20. The summed E-state index contributed by atoms with van der Waals surface area (Å²) in [6.45, 7) is 0.00131. The Bertz CT molecular complexity index is 817. The molecule has 0 heterocycles. The van der Waals surface area contributed by atoms with E-state index in [4.69, 9.17) is 4.74 Å². The second-order valence-corrected chi connectivity index (χ2v) is 5.55. The molecule has 122 valence electrons. The molecule has 0 aliphatic carbocycles. The van der Waals surface area contributed by atoms with Crippen molar-refractivity contribution in [3.63, 3.8) is 0 Å². The third-order valence-electron chi connectivity index (χ3n) is 3.86. The number of rotatable bonds is 5. The molecule has 4 heteroatoms. The number of carbonyl (C=O) groups excluding carboxylic acids is 1. The van der Waals surface area contributed by atoms with E-state index in [-0.39, 0.29) is 13.2 Å². The summed E-state index contributed by atoms with van der Waals surface area (Å²) in [6, 6.07) is 22.8. The number of hydrogen-bond donors (Lipinski definition) is 2. The van der Waals surface area contributed by atoms with E-state index in [1.807, 2.05) is 72.8 Å². The van der Waals surface area contributed by atoms with Crippen molar-refractivity contribution >= 4 is 16.9 Å². The zero-order valence-electron chi connectivity index (χ0n) is 13.2. The zero-order chi connectivity index (χ0) is 16.8. The second kappa shape index (κ2) is 7.62. The Labute approximate surface area is 140 Å². The lowest BCUT2D eigenvalue weighted by atomic mass is 10.0. The molecule has 3 aromatic carbocycles. The van der Waals surface area contributed by atoms with Crippen LogP contribution in [-0.2, 0) is 11.3 Å². The summed E-state index contributed by atoms with van der Waals surface area (Å²) in [5, 5.41) is 14.5.